The first-order valence-electron chi connectivity index (χ1n) is 8.87. The average Bonchev–Trinajstić information content (AvgIpc) is 3.15. The van der Waals surface area contributed by atoms with E-state index in [1.54, 1.807) is 4.90 Å². The monoisotopic (exact) mass is 339 g/mol. The maximum atomic E-state index is 12.6. The van der Waals surface area contributed by atoms with Crippen LogP contribution in [-0.2, 0) is 19.1 Å². The van der Waals surface area contributed by atoms with Gasteiger partial charge in [-0.2, -0.15) is 5.48 Å². The van der Waals surface area contributed by atoms with Crippen molar-refractivity contribution in [2.24, 2.45) is 5.92 Å². The fourth-order valence-corrected chi connectivity index (χ4v) is 4.21. The number of hydrogen-bond donors (Lipinski definition) is 2. The fourth-order valence-electron chi connectivity index (χ4n) is 4.21. The highest BCUT2D eigenvalue weighted by atomic mass is 16.9. The third-order valence-electron chi connectivity index (χ3n) is 5.39. The number of nitrogens with one attached hydrogen (secondary N) is 2. The Kier molecular flexibility index (Phi) is 3.74. The highest BCUT2D eigenvalue weighted by molar-refractivity contribution is 5.82. The van der Waals surface area contributed by atoms with Crippen LogP contribution in [0.15, 0.2) is 0 Å². The lowest BCUT2D eigenvalue weighted by atomic mass is 9.93. The summed E-state index contributed by atoms with van der Waals surface area (Å²) < 4.78 is 11.8. The van der Waals surface area contributed by atoms with Gasteiger partial charge in [0.25, 0.3) is 5.79 Å². The van der Waals surface area contributed by atoms with E-state index in [2.05, 4.69) is 10.8 Å². The summed E-state index contributed by atoms with van der Waals surface area (Å²) in [6.07, 6.45) is 4.50. The summed E-state index contributed by atoms with van der Waals surface area (Å²) in [5, 5.41) is 2.88. The van der Waals surface area contributed by atoms with Gasteiger partial charge in [-0.15, -0.1) is 0 Å². The predicted octanol–water partition coefficient (Wildman–Crippen LogP) is 0.870. The predicted molar refractivity (Wildman–Crippen MR) is 82.5 cm³/mol. The molecule has 2 spiro atoms. The molecule has 3 atom stereocenters. The second kappa shape index (κ2) is 5.57. The topological polar surface area (TPSA) is 89.1 Å². The third kappa shape index (κ3) is 2.39. The molecule has 8 heteroatoms. The third-order valence-corrected chi connectivity index (χ3v) is 5.39. The minimum atomic E-state index is -1.42. The van der Waals surface area contributed by atoms with E-state index in [0.717, 1.165) is 19.3 Å². The van der Waals surface area contributed by atoms with Gasteiger partial charge in [0.15, 0.2) is 0 Å². The zero-order chi connectivity index (χ0) is 16.9. The van der Waals surface area contributed by atoms with Crippen LogP contribution in [0.1, 0.15) is 46.0 Å². The minimum Gasteiger partial charge on any atom is -0.429 e. The van der Waals surface area contributed by atoms with Crippen molar-refractivity contribution in [3.05, 3.63) is 0 Å². The van der Waals surface area contributed by atoms with Gasteiger partial charge in [0.1, 0.15) is 0 Å². The highest BCUT2D eigenvalue weighted by Crippen LogP contribution is 2.49. The first kappa shape index (κ1) is 16.1. The number of urea groups is 1. The number of carbonyl (C=O) groups is 2. The van der Waals surface area contributed by atoms with Gasteiger partial charge >= 0.3 is 12.0 Å². The van der Waals surface area contributed by atoms with Crippen molar-refractivity contribution in [3.63, 3.8) is 0 Å². The summed E-state index contributed by atoms with van der Waals surface area (Å²) in [4.78, 5) is 32.2. The first-order chi connectivity index (χ1) is 11.4. The van der Waals surface area contributed by atoms with Crippen LogP contribution < -0.4 is 10.8 Å². The molecular weight excluding hydrogens is 314 g/mol. The molecule has 8 nitrogen and oxygen atoms in total. The number of hydrogen-bond acceptors (Lipinski definition) is 6. The van der Waals surface area contributed by atoms with Crippen molar-refractivity contribution in [3.8, 4) is 0 Å². The molecule has 2 amide bonds. The molecule has 1 saturated carbocycles. The zero-order valence-electron chi connectivity index (χ0n) is 14.2. The Balaban J connectivity index is 1.51. The second-order valence-corrected chi connectivity index (χ2v) is 7.57. The zero-order valence-corrected chi connectivity index (χ0v) is 14.2. The van der Waals surface area contributed by atoms with E-state index in [9.17, 15) is 9.59 Å². The van der Waals surface area contributed by atoms with E-state index in [4.69, 9.17) is 14.3 Å². The number of rotatable bonds is 1. The number of likely N-dealkylation sites (tertiary alicyclic amines) is 1. The van der Waals surface area contributed by atoms with Crippen LogP contribution in [0.5, 0.6) is 0 Å². The molecule has 1 unspecified atom stereocenters. The summed E-state index contributed by atoms with van der Waals surface area (Å²) in [6, 6.07) is -0.196. The number of amides is 2. The quantitative estimate of drug-likeness (QED) is 0.689. The molecule has 4 rings (SSSR count). The summed E-state index contributed by atoms with van der Waals surface area (Å²) in [6.45, 7) is 4.72. The number of nitrogens with zero attached hydrogens (tertiary/aromatic N) is 1. The van der Waals surface area contributed by atoms with Crippen LogP contribution in [0.2, 0.25) is 0 Å². The van der Waals surface area contributed by atoms with E-state index in [-0.39, 0.29) is 24.0 Å². The van der Waals surface area contributed by atoms with Crippen LogP contribution in [0.4, 0.5) is 4.79 Å². The van der Waals surface area contributed by atoms with Gasteiger partial charge in [0.2, 0.25) is 5.79 Å². The number of esters is 1. The molecule has 0 bridgehead atoms. The van der Waals surface area contributed by atoms with Crippen LogP contribution in [0.3, 0.4) is 0 Å². The molecule has 24 heavy (non-hydrogen) atoms. The van der Waals surface area contributed by atoms with Crippen LogP contribution in [-0.4, -0.2) is 53.6 Å². The normalized spacial score (nSPS) is 37.3. The Morgan fingerprint density at radius 3 is 2.75 bits per heavy atom. The summed E-state index contributed by atoms with van der Waals surface area (Å²) >= 11 is 0. The maximum absolute atomic E-state index is 12.6. The molecular formula is C16H25N3O5. The molecule has 0 aromatic heterocycles. The second-order valence-electron chi connectivity index (χ2n) is 7.57. The molecule has 134 valence electrons. The van der Waals surface area contributed by atoms with E-state index in [0.29, 0.717) is 25.9 Å². The van der Waals surface area contributed by atoms with Gasteiger partial charge in [0, 0.05) is 32.0 Å². The lowest BCUT2D eigenvalue weighted by Gasteiger charge is -2.32. The Bertz CT molecular complexity index is 548. The standard InChI is InChI=1S/C16H25N3O5/c1-10(2)17-14(21)19-8-11-12(9-19)18-24-16(11)13(20)22-15(23-16)6-4-3-5-7-15/h10-12,18H,3-9H2,1-2H3,(H,17,21)/t11-,12+,16?/m0/s1. The Morgan fingerprint density at radius 2 is 2.04 bits per heavy atom. The smallest absolute Gasteiger partial charge is 0.371 e. The largest absolute Gasteiger partial charge is 0.429 e. The van der Waals surface area contributed by atoms with Crippen molar-refractivity contribution in [2.45, 2.75) is 69.6 Å². The van der Waals surface area contributed by atoms with E-state index in [1.807, 2.05) is 13.8 Å². The molecule has 4 aliphatic rings. The van der Waals surface area contributed by atoms with Crippen LogP contribution in [0, 0.1) is 5.92 Å². The van der Waals surface area contributed by atoms with Crippen molar-refractivity contribution >= 4 is 12.0 Å². The minimum absolute atomic E-state index is 0.0642. The molecule has 0 aromatic rings. The van der Waals surface area contributed by atoms with Crippen molar-refractivity contribution < 1.29 is 23.9 Å². The van der Waals surface area contributed by atoms with Gasteiger partial charge in [-0.1, -0.05) is 6.42 Å². The molecule has 3 aliphatic heterocycles. The lowest BCUT2D eigenvalue weighted by Crippen LogP contribution is -2.48. The van der Waals surface area contributed by atoms with Gasteiger partial charge in [0.05, 0.1) is 12.0 Å². The van der Waals surface area contributed by atoms with E-state index < -0.39 is 17.5 Å². The van der Waals surface area contributed by atoms with E-state index >= 15 is 0 Å². The highest BCUT2D eigenvalue weighted by Gasteiger charge is 2.69. The van der Waals surface area contributed by atoms with Crippen LogP contribution in [0.25, 0.3) is 0 Å². The van der Waals surface area contributed by atoms with Crippen molar-refractivity contribution in [1.82, 2.24) is 15.7 Å². The summed E-state index contributed by atoms with van der Waals surface area (Å²) in [5.74, 6) is -2.99. The Morgan fingerprint density at radius 1 is 1.29 bits per heavy atom. The van der Waals surface area contributed by atoms with Gasteiger partial charge < -0.3 is 15.0 Å². The SMILES string of the molecule is CC(C)NC(=O)N1C[C@H]2NOC3(OC4(CCCCC4)OC3=O)[C@H]2C1. The molecule has 2 N–H and O–H groups in total. The summed E-state index contributed by atoms with van der Waals surface area (Å²) in [5.41, 5.74) is 2.89. The Hall–Kier alpha value is -1.38. The first-order valence-corrected chi connectivity index (χ1v) is 8.87. The fraction of sp³-hybridized carbons (Fsp3) is 0.875. The molecule has 4 fully saturated rings. The average molecular weight is 339 g/mol. The Labute approximate surface area is 141 Å². The summed E-state index contributed by atoms with van der Waals surface area (Å²) in [7, 11) is 0. The maximum Gasteiger partial charge on any atom is 0.371 e. The van der Waals surface area contributed by atoms with Gasteiger partial charge in [-0.05, 0) is 26.7 Å². The number of fused-ring (bicyclic) bond motifs is 2. The van der Waals surface area contributed by atoms with Crippen molar-refractivity contribution in [2.75, 3.05) is 13.1 Å². The van der Waals surface area contributed by atoms with Gasteiger partial charge in [-0.25, -0.2) is 9.59 Å². The van der Waals surface area contributed by atoms with E-state index in [1.165, 1.54) is 0 Å². The number of hydroxylamine groups is 1. The number of ether oxygens (including phenoxy) is 2. The number of carbonyl (C=O) groups excluding carboxylic acids is 2. The molecule has 0 radical (unpaired) electrons. The lowest BCUT2D eigenvalue weighted by molar-refractivity contribution is -0.281. The van der Waals surface area contributed by atoms with Gasteiger partial charge in [-0.3, -0.25) is 9.57 Å². The van der Waals surface area contributed by atoms with Crippen molar-refractivity contribution in [1.29, 1.82) is 0 Å². The van der Waals surface area contributed by atoms with Crippen LogP contribution >= 0.6 is 0 Å². The molecule has 3 heterocycles. The molecule has 1 aliphatic carbocycles. The molecule has 0 aromatic carbocycles. The molecule has 3 saturated heterocycles.